The Bertz CT molecular complexity index is 610. The van der Waals surface area contributed by atoms with Crippen molar-refractivity contribution in [1.29, 1.82) is 0 Å². The van der Waals surface area contributed by atoms with Crippen molar-refractivity contribution in [2.45, 2.75) is 12.0 Å². The first-order valence-electron chi connectivity index (χ1n) is 6.71. The first-order valence-corrected chi connectivity index (χ1v) is 6.21. The minimum Gasteiger partial charge on any atom is -0.497 e. The Labute approximate surface area is 113 Å². The van der Waals surface area contributed by atoms with Gasteiger partial charge in [0.25, 0.3) is 0 Å². The Morgan fingerprint density at radius 3 is 2.79 bits per heavy atom. The van der Waals surface area contributed by atoms with Gasteiger partial charge in [0.1, 0.15) is 11.5 Å². The maximum absolute atomic E-state index is 10.6. The van der Waals surface area contributed by atoms with Gasteiger partial charge in [0, 0.05) is 17.5 Å². The molecule has 98 valence electrons. The molecule has 0 radical (unpaired) electrons. The zero-order valence-corrected chi connectivity index (χ0v) is 10.7. The summed E-state index contributed by atoms with van der Waals surface area (Å²) in [7, 11) is 1.57. The monoisotopic (exact) mass is 257 g/mol. The number of rotatable bonds is 2. The smallest absolute Gasteiger partial charge is 0.128 e. The predicted octanol–water partition coefficient (Wildman–Crippen LogP) is 2.90. The summed E-state index contributed by atoms with van der Waals surface area (Å²) in [5.74, 6) is 0.747. The van der Waals surface area contributed by atoms with Crippen molar-refractivity contribution >= 4 is 0 Å². The van der Waals surface area contributed by atoms with Crippen LogP contribution in [0, 0.1) is 0 Å². The van der Waals surface area contributed by atoms with E-state index in [1.165, 1.54) is 0 Å². The topological polar surface area (TPSA) is 38.7 Å². The van der Waals surface area contributed by atoms with Gasteiger partial charge in [-0.3, -0.25) is 0 Å². The normalized spacial score (nSPS) is 26.0. The zero-order valence-electron chi connectivity index (χ0n) is 11.7. The van der Waals surface area contributed by atoms with E-state index in [-0.39, 0.29) is 6.61 Å². The van der Waals surface area contributed by atoms with Gasteiger partial charge in [0.15, 0.2) is 0 Å². The molecule has 0 amide bonds. The van der Waals surface area contributed by atoms with Crippen molar-refractivity contribution in [3.05, 3.63) is 59.7 Å². The van der Waals surface area contributed by atoms with Gasteiger partial charge in [-0.1, -0.05) is 30.3 Å². The SMILES string of the molecule is [2H][C@]1(O)c2ccc(OC)cc2OCC1c1ccccc1. The van der Waals surface area contributed by atoms with Crippen molar-refractivity contribution in [3.8, 4) is 11.5 Å². The number of hydrogen-bond donors (Lipinski definition) is 1. The Morgan fingerprint density at radius 2 is 2.05 bits per heavy atom. The van der Waals surface area contributed by atoms with Crippen molar-refractivity contribution in [2.24, 2.45) is 0 Å². The molecular formula is C16H16O3. The van der Waals surface area contributed by atoms with E-state index in [9.17, 15) is 5.11 Å². The van der Waals surface area contributed by atoms with E-state index in [4.69, 9.17) is 10.8 Å². The fraction of sp³-hybridized carbons (Fsp3) is 0.250. The highest BCUT2D eigenvalue weighted by Crippen LogP contribution is 2.41. The predicted molar refractivity (Wildman–Crippen MR) is 72.6 cm³/mol. The highest BCUT2D eigenvalue weighted by molar-refractivity contribution is 5.45. The average molecular weight is 257 g/mol. The second-order valence-corrected chi connectivity index (χ2v) is 4.52. The van der Waals surface area contributed by atoms with Gasteiger partial charge in [-0.25, -0.2) is 0 Å². The molecule has 0 spiro atoms. The third-order valence-corrected chi connectivity index (χ3v) is 3.40. The highest BCUT2D eigenvalue weighted by atomic mass is 16.5. The molecule has 1 unspecified atom stereocenters. The number of ether oxygens (including phenoxy) is 2. The lowest BCUT2D eigenvalue weighted by Gasteiger charge is -2.30. The van der Waals surface area contributed by atoms with Gasteiger partial charge in [-0.2, -0.15) is 0 Å². The maximum atomic E-state index is 10.6. The summed E-state index contributed by atoms with van der Waals surface area (Å²) in [5, 5.41) is 10.6. The molecule has 1 aliphatic heterocycles. The van der Waals surface area contributed by atoms with E-state index in [1.807, 2.05) is 30.3 Å². The van der Waals surface area contributed by atoms with E-state index in [0.717, 1.165) is 5.56 Å². The summed E-state index contributed by atoms with van der Waals surface area (Å²) in [6.45, 7) is 0.268. The van der Waals surface area contributed by atoms with Crippen LogP contribution in [0.2, 0.25) is 0 Å². The van der Waals surface area contributed by atoms with E-state index in [2.05, 4.69) is 0 Å². The van der Waals surface area contributed by atoms with Crippen molar-refractivity contribution in [3.63, 3.8) is 0 Å². The fourth-order valence-corrected chi connectivity index (χ4v) is 2.34. The number of methoxy groups -OCH3 is 1. The number of fused-ring (bicyclic) bond motifs is 1. The second kappa shape index (κ2) is 4.94. The van der Waals surface area contributed by atoms with Crippen LogP contribution in [0.15, 0.2) is 48.5 Å². The summed E-state index contributed by atoms with van der Waals surface area (Å²) < 4.78 is 19.2. The summed E-state index contributed by atoms with van der Waals surface area (Å²) in [4.78, 5) is 0. The van der Waals surface area contributed by atoms with Crippen molar-refractivity contribution in [1.82, 2.24) is 0 Å². The van der Waals surface area contributed by atoms with Crippen molar-refractivity contribution < 1.29 is 16.0 Å². The van der Waals surface area contributed by atoms with Gasteiger partial charge in [-0.15, -0.1) is 0 Å². The molecule has 1 N–H and O–H groups in total. The molecule has 3 rings (SSSR count). The molecule has 2 aromatic carbocycles. The van der Waals surface area contributed by atoms with Gasteiger partial charge in [0.2, 0.25) is 0 Å². The van der Waals surface area contributed by atoms with Gasteiger partial charge in [-0.05, 0) is 17.7 Å². The van der Waals surface area contributed by atoms with Crippen LogP contribution in [0.1, 0.15) is 24.5 Å². The molecule has 0 bridgehead atoms. The third kappa shape index (κ3) is 2.17. The molecule has 0 aromatic heterocycles. The van der Waals surface area contributed by atoms with Crippen LogP contribution in [-0.2, 0) is 0 Å². The lowest BCUT2D eigenvalue weighted by atomic mass is 9.87. The van der Waals surface area contributed by atoms with E-state index >= 15 is 0 Å². The zero-order chi connectivity index (χ0) is 14.2. The first-order chi connectivity index (χ1) is 9.63. The Hall–Kier alpha value is -2.00. The first kappa shape index (κ1) is 10.9. The van der Waals surface area contributed by atoms with Crippen LogP contribution in [0.3, 0.4) is 0 Å². The molecule has 3 heteroatoms. The number of aliphatic hydroxyl groups is 1. The molecule has 0 fully saturated rings. The van der Waals surface area contributed by atoms with Crippen molar-refractivity contribution in [2.75, 3.05) is 13.7 Å². The molecule has 3 nitrogen and oxygen atoms in total. The summed E-state index contributed by atoms with van der Waals surface area (Å²) >= 11 is 0. The lowest BCUT2D eigenvalue weighted by Crippen LogP contribution is -2.24. The van der Waals surface area contributed by atoms with Crippen LogP contribution in [-0.4, -0.2) is 18.8 Å². The highest BCUT2D eigenvalue weighted by Gasteiger charge is 2.30. The quantitative estimate of drug-likeness (QED) is 0.899. The summed E-state index contributed by atoms with van der Waals surface area (Å²) in [5.41, 5.74) is 1.37. The molecule has 1 aliphatic rings. The average Bonchev–Trinajstić information content (AvgIpc) is 2.47. The number of benzene rings is 2. The summed E-state index contributed by atoms with van der Waals surface area (Å²) in [6.07, 6.45) is -1.71. The molecule has 2 aromatic rings. The largest absolute Gasteiger partial charge is 0.497 e. The number of hydrogen-bond acceptors (Lipinski definition) is 3. The van der Waals surface area contributed by atoms with Crippen LogP contribution >= 0.6 is 0 Å². The van der Waals surface area contributed by atoms with Crippen LogP contribution in [0.5, 0.6) is 11.5 Å². The minimum absolute atomic E-state index is 0.268. The minimum atomic E-state index is -1.71. The summed E-state index contributed by atoms with van der Waals surface area (Å²) in [6, 6.07) is 14.6. The Morgan fingerprint density at radius 1 is 1.26 bits per heavy atom. The lowest BCUT2D eigenvalue weighted by molar-refractivity contribution is 0.0887. The molecule has 19 heavy (non-hydrogen) atoms. The molecule has 1 heterocycles. The third-order valence-electron chi connectivity index (χ3n) is 3.40. The van der Waals surface area contributed by atoms with Crippen LogP contribution in [0.25, 0.3) is 0 Å². The standard InChI is InChI=1S/C16H16O3/c1-18-12-7-8-13-15(9-12)19-10-14(16(13)17)11-5-3-2-4-6-11/h2-9,14,16-17H,10H2,1H3/t14?,16-/m0/s1/i16D. The molecular weight excluding hydrogens is 240 g/mol. The Balaban J connectivity index is 2.03. The van der Waals surface area contributed by atoms with Gasteiger partial charge in [0.05, 0.1) is 21.2 Å². The van der Waals surface area contributed by atoms with E-state index < -0.39 is 12.0 Å². The Kier molecular flexibility index (Phi) is 2.83. The molecule has 0 saturated heterocycles. The molecule has 0 saturated carbocycles. The van der Waals surface area contributed by atoms with Gasteiger partial charge < -0.3 is 14.6 Å². The molecule has 2 atom stereocenters. The second-order valence-electron chi connectivity index (χ2n) is 4.52. The van der Waals surface area contributed by atoms with E-state index in [1.54, 1.807) is 25.3 Å². The van der Waals surface area contributed by atoms with E-state index in [0.29, 0.717) is 17.1 Å². The maximum Gasteiger partial charge on any atom is 0.128 e. The van der Waals surface area contributed by atoms with Gasteiger partial charge >= 0.3 is 0 Å². The van der Waals surface area contributed by atoms with Crippen LogP contribution in [0.4, 0.5) is 0 Å². The molecule has 0 aliphatic carbocycles. The fourth-order valence-electron chi connectivity index (χ4n) is 2.34. The van der Waals surface area contributed by atoms with Crippen LogP contribution < -0.4 is 9.47 Å².